The van der Waals surface area contributed by atoms with Crippen molar-refractivity contribution < 1.29 is 233 Å². The normalized spacial score (nSPS) is 10.4. The van der Waals surface area contributed by atoms with Crippen LogP contribution in [0.5, 0.6) is 0 Å². The Bertz CT molecular complexity index is 4740. The van der Waals surface area contributed by atoms with E-state index in [1.807, 2.05) is 295 Å². The van der Waals surface area contributed by atoms with E-state index in [9.17, 15) is 33.6 Å². The number of hydrogen-bond acceptors (Lipinski definition) is 9. The molecule has 1 atom stereocenters. The summed E-state index contributed by atoms with van der Waals surface area (Å²) in [5, 5.41) is 2.47. The van der Waals surface area contributed by atoms with Crippen LogP contribution in [0.4, 0.5) is 0 Å². The highest BCUT2D eigenvalue weighted by Crippen LogP contribution is 2.15. The lowest BCUT2D eigenvalue weighted by molar-refractivity contribution is -0.694. The van der Waals surface area contributed by atoms with Crippen LogP contribution in [-0.4, -0.2) is 59.4 Å². The number of aromatic nitrogens is 8. The summed E-state index contributed by atoms with van der Waals surface area (Å²) in [6.07, 6.45) is 35.3. The van der Waals surface area contributed by atoms with E-state index in [0.29, 0.717) is 11.3 Å². The summed E-state index contributed by atoms with van der Waals surface area (Å²) in [6.45, 7) is 14.5. The van der Waals surface area contributed by atoms with Gasteiger partial charge in [-0.05, 0) is 87.2 Å². The number of pyridine rings is 8. The van der Waals surface area contributed by atoms with E-state index in [2.05, 4.69) is 91.1 Å². The molecule has 0 amide bonds. The first-order chi connectivity index (χ1) is 51.3. The number of carbonyl (C=O) groups excluding carboxylic acids is 7. The lowest BCUT2D eigenvalue weighted by Crippen LogP contribution is -3.00. The lowest BCUT2D eigenvalue weighted by Gasteiger charge is -2.26. The van der Waals surface area contributed by atoms with Crippen LogP contribution in [0.1, 0.15) is 131 Å². The number of carbonyl (C=O) groups is 7. The average molecular weight is 2440 g/mol. The molecule has 0 saturated heterocycles. The van der Waals surface area contributed by atoms with Gasteiger partial charge in [-0.2, -0.15) is 13.7 Å². The molecule has 0 fully saturated rings. The molecule has 0 bridgehead atoms. The predicted octanol–water partition coefficient (Wildman–Crippen LogP) is -7.39. The second kappa shape index (κ2) is 66.4. The molecule has 12 aromatic rings. The fraction of sp³-hybridized carbons (Fsp3) is 0.211. The zero-order valence-corrected chi connectivity index (χ0v) is 83.5. The third-order valence-corrected chi connectivity index (χ3v) is 16.7. The molecule has 0 aliphatic carbocycles. The van der Waals surface area contributed by atoms with Gasteiger partial charge in [-0.25, -0.2) is 18.3 Å². The molecule has 1 aliphatic heterocycles. The standard InChI is InChI=1S/C16H22N.C13H13NO.C13H12NO.C11H10NO.4C8H10NO.C5H5N.8HI/c1-13(2)7-6-9-15-12-11-14-8-4-5-10-16(14)17(15)3;15-11-13-8-4-5-9-14(13)10-12-6-2-1-3-7-12;15-11-13-6-8-14(9-7-13)10-12-4-2-1-3-5-12;1-12-10(8-13)7-6-9-4-2-3-5-11(9)12;1-7(10)8-3-5-9(2)6-4-8;1-7-5-9(2)4-3-8(7)6-10;1-7-5-8(6-10)3-4-9(7)2;1-2-9-6-4-3-5-8(9)7-10;1-2-4-6-5-3-1;;;;;;;;/h4-5,8,10-13H,6-7,9H2,1-3H3;1-9,11,13H,10H2;1-9,11H,10H2;2-8H,1H3;3*3-6H,1-2H3;3-7H,2H2,1H3;1-5H;8*1H/q+1;;6*+1;;;;;;;;;/p-7. The van der Waals surface area contributed by atoms with E-state index in [4.69, 9.17) is 0 Å². The number of para-hydroxylation sites is 2. The minimum Gasteiger partial charge on any atom is -1.00 e. The number of allylic oxidation sites excluding steroid dienone is 2. The van der Waals surface area contributed by atoms with Gasteiger partial charge in [-0.1, -0.05) is 123 Å². The molecular weight excluding hydrogens is 2330 g/mol. The van der Waals surface area contributed by atoms with Gasteiger partial charge in [-0.15, -0.1) is 24.0 Å². The quantitative estimate of drug-likeness (QED) is 0.0397. The fourth-order valence-corrected chi connectivity index (χ4v) is 10.5. The van der Waals surface area contributed by atoms with E-state index >= 15 is 0 Å². The Morgan fingerprint density at radius 2 is 1.04 bits per heavy atom. The van der Waals surface area contributed by atoms with Crippen LogP contribution in [0.2, 0.25) is 0 Å². The Kier molecular flexibility index (Phi) is 66.3. The molecule has 0 N–H and O–H groups in total. The minimum atomic E-state index is -0.129. The number of ketones is 1. The molecule has 0 radical (unpaired) electrons. The summed E-state index contributed by atoms with van der Waals surface area (Å²) in [4.78, 5) is 79.5. The number of halogens is 8. The summed E-state index contributed by atoms with van der Waals surface area (Å²) in [7, 11) is 9.87. The van der Waals surface area contributed by atoms with Crippen molar-refractivity contribution in [1.29, 1.82) is 0 Å². The summed E-state index contributed by atoms with van der Waals surface area (Å²) < 4.78 is 13.9. The van der Waals surface area contributed by atoms with Crippen molar-refractivity contribution in [2.75, 3.05) is 0 Å². The molecule has 606 valence electrons. The topological polar surface area (TPSA) is 163 Å². The maximum Gasteiger partial charge on any atom is 0.245 e. The van der Waals surface area contributed by atoms with Gasteiger partial charge in [0.2, 0.25) is 35.0 Å². The predicted molar refractivity (Wildman–Crippen MR) is 432 cm³/mol. The van der Waals surface area contributed by atoms with Crippen LogP contribution in [0.25, 0.3) is 21.8 Å². The van der Waals surface area contributed by atoms with Gasteiger partial charge in [0.05, 0.1) is 0 Å². The monoisotopic (exact) mass is 2440 g/mol. The van der Waals surface area contributed by atoms with Gasteiger partial charge in [0, 0.05) is 161 Å². The zero-order valence-electron chi connectivity index (χ0n) is 66.1. The maximum atomic E-state index is 10.8. The van der Waals surface area contributed by atoms with Gasteiger partial charge in [-0.3, -0.25) is 33.8 Å². The average Bonchev–Trinajstić information content (AvgIpc) is 0.816. The van der Waals surface area contributed by atoms with E-state index in [0.717, 1.165) is 108 Å². The molecule has 0 spiro atoms. The highest BCUT2D eigenvalue weighted by Gasteiger charge is 2.15. The smallest absolute Gasteiger partial charge is 0.245 e. The maximum absolute atomic E-state index is 10.8. The molecular formula is C90H103I8N9O7. The molecule has 24 heteroatoms. The van der Waals surface area contributed by atoms with Crippen molar-refractivity contribution >= 4 is 89.3 Å². The van der Waals surface area contributed by atoms with Crippen LogP contribution in [0.15, 0.2) is 299 Å². The van der Waals surface area contributed by atoms with E-state index in [1.165, 1.54) is 47.0 Å². The van der Waals surface area contributed by atoms with Crippen molar-refractivity contribution in [1.82, 2.24) is 9.88 Å². The number of aryl methyl sites for hydroxylation is 9. The zero-order chi connectivity index (χ0) is 76.9. The van der Waals surface area contributed by atoms with Gasteiger partial charge in [0.25, 0.3) is 0 Å². The first-order valence-electron chi connectivity index (χ1n) is 35.2. The molecule has 1 aliphatic rings. The first-order valence-corrected chi connectivity index (χ1v) is 35.2. The second-order valence-corrected chi connectivity index (χ2v) is 25.2. The number of Topliss-reactive ketones (excluding diaryl/α,β-unsaturated/α-hetero) is 1. The number of fused-ring (bicyclic) bond motifs is 2. The van der Waals surface area contributed by atoms with Crippen LogP contribution >= 0.6 is 24.0 Å². The van der Waals surface area contributed by atoms with Gasteiger partial charge in [0.15, 0.2) is 92.1 Å². The van der Waals surface area contributed by atoms with Gasteiger partial charge in [0.1, 0.15) is 54.1 Å². The second-order valence-electron chi connectivity index (χ2n) is 25.2. The van der Waals surface area contributed by atoms with Crippen molar-refractivity contribution in [3.05, 3.63) is 360 Å². The highest BCUT2D eigenvalue weighted by atomic mass is 127. The Hall–Kier alpha value is -6.59. The Morgan fingerprint density at radius 1 is 0.509 bits per heavy atom. The molecule has 8 aromatic heterocycles. The number of hydrogen-bond donors (Lipinski definition) is 0. The first kappa shape index (κ1) is 114. The van der Waals surface area contributed by atoms with Crippen LogP contribution in [0.3, 0.4) is 0 Å². The molecule has 114 heavy (non-hydrogen) atoms. The Labute approximate surface area is 810 Å². The molecule has 13 rings (SSSR count). The van der Waals surface area contributed by atoms with E-state index < -0.39 is 0 Å². The van der Waals surface area contributed by atoms with Crippen molar-refractivity contribution in [2.45, 2.75) is 86.5 Å². The summed E-state index contributed by atoms with van der Waals surface area (Å²) in [6, 6.07) is 69.1. The van der Waals surface area contributed by atoms with E-state index in [1.54, 1.807) is 31.5 Å². The van der Waals surface area contributed by atoms with Crippen molar-refractivity contribution in [2.24, 2.45) is 41.2 Å². The van der Waals surface area contributed by atoms with Crippen LogP contribution in [-0.2, 0) is 66.1 Å². The largest absolute Gasteiger partial charge is 1.00 e. The summed E-state index contributed by atoms with van der Waals surface area (Å²) >= 11 is 0. The van der Waals surface area contributed by atoms with Crippen LogP contribution < -0.4 is 200 Å². The van der Waals surface area contributed by atoms with Gasteiger partial charge < -0.3 is 178 Å². The molecule has 16 nitrogen and oxygen atoms in total. The molecule has 0 saturated carbocycles. The highest BCUT2D eigenvalue weighted by molar-refractivity contribution is 14.0. The van der Waals surface area contributed by atoms with Crippen molar-refractivity contribution in [3.8, 4) is 0 Å². The number of rotatable bonds is 16. The van der Waals surface area contributed by atoms with Crippen molar-refractivity contribution in [3.63, 3.8) is 0 Å². The number of aldehydes is 6. The Balaban J connectivity index is -0.000000598. The lowest BCUT2D eigenvalue weighted by atomic mass is 10.0. The summed E-state index contributed by atoms with van der Waals surface area (Å²) in [5.41, 5.74) is 12.8. The SMILES string of the molecule is CC(=O)c1cc[n+](C)cc1.CC(C)CCCc1ccc2ccccc2[n+]1C.CC[n+]1ccccc1C=O.C[n+]1c(C=O)ccc2ccccc21.Cc1c[n+](C)ccc1C=O.Cc1cc(C=O)cc[n+]1C.I.O=CC1C=CC=CN1Cc1ccccc1.O=Cc1cc[n+](Cc2ccccc2)cc1.[I-].[I-].[I-].[I-].[I-].[I-].[I-].c1ccncc1. The summed E-state index contributed by atoms with van der Waals surface area (Å²) in [5.74, 6) is 0.918. The molecule has 1 unspecified atom stereocenters. The van der Waals surface area contributed by atoms with Gasteiger partial charge >= 0.3 is 0 Å². The van der Waals surface area contributed by atoms with Crippen LogP contribution in [0, 0.1) is 19.8 Å². The Morgan fingerprint density at radius 3 is 1.53 bits per heavy atom. The number of nitrogens with zero attached hydrogens (tertiary/aromatic N) is 9. The molecule has 4 aromatic carbocycles. The molecule has 9 heterocycles. The fourth-order valence-electron chi connectivity index (χ4n) is 10.5. The minimum absolute atomic E-state index is 0. The third-order valence-electron chi connectivity index (χ3n) is 16.7. The third kappa shape index (κ3) is 43.0. The van der Waals surface area contributed by atoms with E-state index in [-0.39, 0.29) is 204 Å². The number of benzene rings is 4.